The molecule has 0 spiro atoms. The van der Waals surface area contributed by atoms with Crippen LogP contribution >= 0.6 is 0 Å². The van der Waals surface area contributed by atoms with Crippen LogP contribution in [-0.2, 0) is 9.59 Å². The number of amides is 3. The average Bonchev–Trinajstić information content (AvgIpc) is 2.62. The maximum atomic E-state index is 11.8. The van der Waals surface area contributed by atoms with Gasteiger partial charge in [0.25, 0.3) is 0 Å². The van der Waals surface area contributed by atoms with Gasteiger partial charge in [-0.3, -0.25) is 14.4 Å². The third-order valence-corrected chi connectivity index (χ3v) is 3.62. The van der Waals surface area contributed by atoms with Crippen LogP contribution < -0.4 is 16.5 Å². The maximum absolute atomic E-state index is 11.8. The molecule has 0 aliphatic heterocycles. The molecule has 2 aromatic rings. The van der Waals surface area contributed by atoms with E-state index in [1.165, 1.54) is 36.0 Å². The van der Waals surface area contributed by atoms with Gasteiger partial charge in [-0.1, -0.05) is 38.1 Å². The number of nitrogens with one attached hydrogen (secondary N) is 2. The Bertz CT molecular complexity index is 825. The summed E-state index contributed by atoms with van der Waals surface area (Å²) < 4.78 is 0. The second kappa shape index (κ2) is 8.57. The Balaban J connectivity index is 1.88. The Kier molecular flexibility index (Phi) is 6.21. The Hall–Kier alpha value is -3.48. The predicted molar refractivity (Wildman–Crippen MR) is 99.9 cm³/mol. The summed E-state index contributed by atoms with van der Waals surface area (Å²) >= 11 is 0. The van der Waals surface area contributed by atoms with E-state index < -0.39 is 17.7 Å². The highest BCUT2D eigenvalue weighted by Crippen LogP contribution is 2.13. The van der Waals surface area contributed by atoms with Crippen molar-refractivity contribution < 1.29 is 14.4 Å². The summed E-state index contributed by atoms with van der Waals surface area (Å²) in [5.41, 5.74) is 9.97. The maximum Gasteiger partial charge on any atom is 0.329 e. The fourth-order valence-electron chi connectivity index (χ4n) is 2.09. The second-order valence-corrected chi connectivity index (χ2v) is 5.92. The lowest BCUT2D eigenvalue weighted by atomic mass is 10.0. The number of primary amides is 1. The first-order chi connectivity index (χ1) is 12.4. The molecule has 0 radical (unpaired) electrons. The average molecular weight is 352 g/mol. The fraction of sp³-hybridized carbons (Fsp3) is 0.158. The summed E-state index contributed by atoms with van der Waals surface area (Å²) in [6, 6.07) is 13.6. The Morgan fingerprint density at radius 1 is 0.962 bits per heavy atom. The fourth-order valence-corrected chi connectivity index (χ4v) is 2.09. The van der Waals surface area contributed by atoms with E-state index in [4.69, 9.17) is 5.73 Å². The summed E-state index contributed by atoms with van der Waals surface area (Å²) in [5.74, 6) is -1.92. The molecule has 0 atom stereocenters. The topological polar surface area (TPSA) is 114 Å². The number of hydrogen-bond acceptors (Lipinski definition) is 4. The molecule has 0 heterocycles. The second-order valence-electron chi connectivity index (χ2n) is 5.92. The highest BCUT2D eigenvalue weighted by atomic mass is 16.2. The van der Waals surface area contributed by atoms with E-state index in [2.05, 4.69) is 29.7 Å². The lowest BCUT2D eigenvalue weighted by molar-refractivity contribution is -0.136. The van der Waals surface area contributed by atoms with Crippen LogP contribution in [-0.4, -0.2) is 23.9 Å². The van der Waals surface area contributed by atoms with Gasteiger partial charge in [0.05, 0.1) is 6.21 Å². The summed E-state index contributed by atoms with van der Waals surface area (Å²) in [6.45, 7) is 4.20. The Morgan fingerprint density at radius 3 is 2.12 bits per heavy atom. The van der Waals surface area contributed by atoms with E-state index >= 15 is 0 Å². The van der Waals surface area contributed by atoms with Crippen LogP contribution in [0.2, 0.25) is 0 Å². The van der Waals surface area contributed by atoms with Crippen molar-refractivity contribution in [2.24, 2.45) is 10.8 Å². The summed E-state index contributed by atoms with van der Waals surface area (Å²) in [4.78, 5) is 34.5. The summed E-state index contributed by atoms with van der Waals surface area (Å²) in [5, 5.41) is 6.17. The molecule has 0 aromatic heterocycles. The number of hydrogen-bond donors (Lipinski definition) is 3. The van der Waals surface area contributed by atoms with Gasteiger partial charge in [0.15, 0.2) is 0 Å². The third-order valence-electron chi connectivity index (χ3n) is 3.62. The molecule has 0 saturated heterocycles. The lowest BCUT2D eigenvalue weighted by Crippen LogP contribution is -2.32. The number of anilines is 1. The first-order valence-corrected chi connectivity index (χ1v) is 8.01. The number of hydrazone groups is 1. The van der Waals surface area contributed by atoms with Crippen LogP contribution in [0.25, 0.3) is 0 Å². The minimum atomic E-state index is -0.904. The molecule has 0 aliphatic carbocycles. The van der Waals surface area contributed by atoms with Gasteiger partial charge in [-0.05, 0) is 41.3 Å². The number of carbonyl (C=O) groups excluding carboxylic acids is 3. The third kappa shape index (κ3) is 5.27. The number of carbonyl (C=O) groups is 3. The van der Waals surface area contributed by atoms with Crippen LogP contribution in [0.5, 0.6) is 0 Å². The van der Waals surface area contributed by atoms with Crippen molar-refractivity contribution in [2.75, 3.05) is 5.32 Å². The van der Waals surface area contributed by atoms with Crippen LogP contribution in [0.15, 0.2) is 53.6 Å². The number of nitrogens with two attached hydrogens (primary N) is 1. The molecule has 7 nitrogen and oxygen atoms in total. The van der Waals surface area contributed by atoms with Crippen LogP contribution in [0.1, 0.15) is 41.3 Å². The minimum Gasteiger partial charge on any atom is -0.366 e. The largest absolute Gasteiger partial charge is 0.366 e. The van der Waals surface area contributed by atoms with Crippen molar-refractivity contribution in [2.45, 2.75) is 19.8 Å². The van der Waals surface area contributed by atoms with E-state index in [0.29, 0.717) is 17.2 Å². The van der Waals surface area contributed by atoms with E-state index in [1.54, 1.807) is 0 Å². The van der Waals surface area contributed by atoms with Crippen molar-refractivity contribution in [3.63, 3.8) is 0 Å². The molecule has 0 saturated carbocycles. The lowest BCUT2D eigenvalue weighted by Gasteiger charge is -2.05. The molecule has 7 heteroatoms. The van der Waals surface area contributed by atoms with Crippen LogP contribution in [0.3, 0.4) is 0 Å². The van der Waals surface area contributed by atoms with Gasteiger partial charge in [0.1, 0.15) is 0 Å². The predicted octanol–water partition coefficient (Wildman–Crippen LogP) is 2.00. The SMILES string of the molecule is CC(C)c1ccc(C=NNC(=O)C(=O)Nc2ccc(C(N)=O)cc2)cc1. The highest BCUT2D eigenvalue weighted by molar-refractivity contribution is 6.39. The minimum absolute atomic E-state index is 0.306. The molecule has 0 bridgehead atoms. The molecule has 134 valence electrons. The monoisotopic (exact) mass is 352 g/mol. The van der Waals surface area contributed by atoms with E-state index in [9.17, 15) is 14.4 Å². The quantitative estimate of drug-likeness (QED) is 0.434. The summed E-state index contributed by atoms with van der Waals surface area (Å²) in [6.07, 6.45) is 1.46. The molecule has 3 amide bonds. The first kappa shape index (κ1) is 18.9. The molecule has 26 heavy (non-hydrogen) atoms. The molecule has 0 unspecified atom stereocenters. The van der Waals surface area contributed by atoms with Gasteiger partial charge < -0.3 is 11.1 Å². The number of benzene rings is 2. The van der Waals surface area contributed by atoms with Crippen molar-refractivity contribution in [3.05, 3.63) is 65.2 Å². The molecular formula is C19H20N4O3. The molecule has 2 aromatic carbocycles. The van der Waals surface area contributed by atoms with Crippen LogP contribution in [0.4, 0.5) is 5.69 Å². The van der Waals surface area contributed by atoms with Crippen molar-refractivity contribution in [3.8, 4) is 0 Å². The smallest absolute Gasteiger partial charge is 0.329 e. The van der Waals surface area contributed by atoms with Gasteiger partial charge in [0, 0.05) is 11.3 Å². The molecular weight excluding hydrogens is 332 g/mol. The van der Waals surface area contributed by atoms with Gasteiger partial charge >= 0.3 is 11.8 Å². The zero-order chi connectivity index (χ0) is 19.1. The molecule has 0 aliphatic rings. The van der Waals surface area contributed by atoms with Crippen molar-refractivity contribution in [1.82, 2.24) is 5.43 Å². The molecule has 4 N–H and O–H groups in total. The Morgan fingerprint density at radius 2 is 1.58 bits per heavy atom. The Labute approximate surface area is 151 Å². The van der Waals surface area contributed by atoms with Gasteiger partial charge in [-0.25, -0.2) is 5.43 Å². The normalized spacial score (nSPS) is 10.7. The van der Waals surface area contributed by atoms with Crippen molar-refractivity contribution >= 4 is 29.6 Å². The van der Waals surface area contributed by atoms with E-state index in [-0.39, 0.29) is 0 Å². The molecule has 2 rings (SSSR count). The van der Waals surface area contributed by atoms with E-state index in [0.717, 1.165) is 5.56 Å². The number of nitrogens with zero attached hydrogens (tertiary/aromatic N) is 1. The summed E-state index contributed by atoms with van der Waals surface area (Å²) in [7, 11) is 0. The zero-order valence-corrected chi connectivity index (χ0v) is 14.5. The van der Waals surface area contributed by atoms with Gasteiger partial charge in [0.2, 0.25) is 5.91 Å². The van der Waals surface area contributed by atoms with E-state index in [1.807, 2.05) is 24.3 Å². The van der Waals surface area contributed by atoms with Crippen LogP contribution in [0, 0.1) is 0 Å². The van der Waals surface area contributed by atoms with Crippen molar-refractivity contribution in [1.29, 1.82) is 0 Å². The standard InChI is InChI=1S/C19H20N4O3/c1-12(2)14-5-3-13(4-6-14)11-21-23-19(26)18(25)22-16-9-7-15(8-10-16)17(20)24/h3-12H,1-2H3,(H2,20,24)(H,22,25)(H,23,26). The first-order valence-electron chi connectivity index (χ1n) is 8.01. The van der Waals surface area contributed by atoms with Gasteiger partial charge in [-0.2, -0.15) is 5.10 Å². The van der Waals surface area contributed by atoms with Gasteiger partial charge in [-0.15, -0.1) is 0 Å². The zero-order valence-electron chi connectivity index (χ0n) is 14.5. The molecule has 0 fully saturated rings. The number of rotatable bonds is 5. The highest BCUT2D eigenvalue weighted by Gasteiger charge is 2.13.